The summed E-state index contributed by atoms with van der Waals surface area (Å²) < 4.78 is 21.0. The normalized spacial score (nSPS) is 13.7. The molecule has 2 unspecified atom stereocenters. The van der Waals surface area contributed by atoms with Crippen molar-refractivity contribution in [3.05, 3.63) is 47.8 Å². The zero-order chi connectivity index (χ0) is 22.0. The van der Waals surface area contributed by atoms with E-state index >= 15 is 0 Å². The van der Waals surface area contributed by atoms with Gasteiger partial charge in [-0.3, -0.25) is 0 Å². The van der Waals surface area contributed by atoms with Gasteiger partial charge in [-0.1, -0.05) is 12.2 Å². The van der Waals surface area contributed by atoms with Gasteiger partial charge in [0, 0.05) is 5.69 Å². The molecule has 0 saturated heterocycles. The molecule has 5 nitrogen and oxygen atoms in total. The topological polar surface area (TPSA) is 71.2 Å². The monoisotopic (exact) mass is 422 g/mol. The molecule has 1 rings (SSSR count). The Bertz CT molecular complexity index is 716. The molecule has 0 aliphatic rings. The summed E-state index contributed by atoms with van der Waals surface area (Å²) in [5, 5.41) is 0. The Morgan fingerprint density at radius 1 is 1.24 bits per heavy atom. The molecular weight excluding hydrogens is 384 g/mol. The third-order valence-corrected chi connectivity index (χ3v) is 6.40. The van der Waals surface area contributed by atoms with Crippen LogP contribution in [0.4, 0.5) is 0 Å². The molecule has 2 N–H and O–H groups in total. The van der Waals surface area contributed by atoms with Crippen molar-refractivity contribution in [3.8, 4) is 0 Å². The van der Waals surface area contributed by atoms with E-state index in [0.717, 1.165) is 55.3 Å². The Morgan fingerprint density at radius 3 is 2.41 bits per heavy atom. The first kappa shape index (κ1) is 25.4. The summed E-state index contributed by atoms with van der Waals surface area (Å²) in [4.78, 5) is 15.9. The lowest BCUT2D eigenvalue weighted by Crippen LogP contribution is -2.36. The van der Waals surface area contributed by atoms with Crippen LogP contribution in [-0.2, 0) is 22.1 Å². The number of hydrogen-bond acceptors (Lipinski definition) is 3. The van der Waals surface area contributed by atoms with Crippen molar-refractivity contribution in [1.29, 1.82) is 0 Å². The molecule has 0 fully saturated rings. The number of carbonyl (C=O) groups excluding carboxylic acids is 1. The van der Waals surface area contributed by atoms with Gasteiger partial charge in [0.1, 0.15) is 5.69 Å². The summed E-state index contributed by atoms with van der Waals surface area (Å²) in [5.41, 5.74) is 3.46. The van der Waals surface area contributed by atoms with Crippen molar-refractivity contribution in [2.45, 2.75) is 83.9 Å². The first-order valence-corrected chi connectivity index (χ1v) is 11.6. The summed E-state index contributed by atoms with van der Waals surface area (Å²) in [5.74, 6) is -0.336. The molecule has 0 radical (unpaired) electrons. The van der Waals surface area contributed by atoms with Crippen LogP contribution >= 0.6 is 0 Å². The summed E-state index contributed by atoms with van der Waals surface area (Å²) in [6.45, 7) is 17.6. The van der Waals surface area contributed by atoms with Crippen molar-refractivity contribution in [2.24, 2.45) is 0 Å². The van der Waals surface area contributed by atoms with E-state index in [0.29, 0.717) is 12.3 Å². The summed E-state index contributed by atoms with van der Waals surface area (Å²) >= 11 is 0. The molecule has 0 spiro atoms. The highest BCUT2D eigenvalue weighted by Crippen LogP contribution is 2.30. The van der Waals surface area contributed by atoms with Crippen LogP contribution in [0.1, 0.15) is 93.2 Å². The maximum absolute atomic E-state index is 12.8. The molecule has 0 aliphatic heterocycles. The maximum Gasteiger partial charge on any atom is 0.355 e. The van der Waals surface area contributed by atoms with Gasteiger partial charge in [-0.05, 0) is 84.3 Å². The molecule has 6 heteroatoms. The zero-order valence-corrected chi connectivity index (χ0v) is 19.5. The molecule has 0 aliphatic carbocycles. The Morgan fingerprint density at radius 2 is 1.86 bits per heavy atom. The van der Waals surface area contributed by atoms with E-state index in [-0.39, 0.29) is 16.8 Å². The standard InChI is InChI=1S/C23H38N2O3S/c1-8-11-13-15-18-17(4)20(24-21(18)22(26)28-10-3)19(16-14-12-9-2)25-29(27)23(5,6)7/h8-9,19,24-25H,1-2,10-16H2,3-7H3. The molecule has 0 bridgehead atoms. The first-order chi connectivity index (χ1) is 13.7. The fraction of sp³-hybridized carbons (Fsp3) is 0.609. The summed E-state index contributed by atoms with van der Waals surface area (Å²) in [7, 11) is -1.23. The van der Waals surface area contributed by atoms with Gasteiger partial charge in [0.2, 0.25) is 0 Å². The number of hydrogen-bond donors (Lipinski definition) is 2. The Balaban J connectivity index is 3.31. The minimum atomic E-state index is -1.23. The Kier molecular flexibility index (Phi) is 10.6. The number of aromatic nitrogens is 1. The molecule has 1 aromatic rings. The Labute approximate surface area is 179 Å². The highest BCUT2D eigenvalue weighted by Gasteiger charge is 2.28. The van der Waals surface area contributed by atoms with Crippen LogP contribution in [0.2, 0.25) is 0 Å². The molecule has 0 amide bonds. The van der Waals surface area contributed by atoms with E-state index in [2.05, 4.69) is 22.9 Å². The predicted molar refractivity (Wildman–Crippen MR) is 122 cm³/mol. The number of aromatic amines is 1. The average Bonchev–Trinajstić information content (AvgIpc) is 2.97. The minimum absolute atomic E-state index is 0.142. The molecule has 0 saturated carbocycles. The summed E-state index contributed by atoms with van der Waals surface area (Å²) in [6, 6.07) is -0.142. The van der Waals surface area contributed by atoms with Gasteiger partial charge in [0.05, 0.1) is 28.4 Å². The van der Waals surface area contributed by atoms with Crippen LogP contribution < -0.4 is 4.72 Å². The molecule has 0 aromatic carbocycles. The maximum atomic E-state index is 12.8. The van der Waals surface area contributed by atoms with E-state index in [9.17, 15) is 9.00 Å². The second-order valence-electron chi connectivity index (χ2n) is 8.19. The predicted octanol–water partition coefficient (Wildman–Crippen LogP) is 5.46. The van der Waals surface area contributed by atoms with Gasteiger partial charge < -0.3 is 9.72 Å². The molecule has 29 heavy (non-hydrogen) atoms. The summed E-state index contributed by atoms with van der Waals surface area (Å²) in [6.07, 6.45) is 8.95. The van der Waals surface area contributed by atoms with Gasteiger partial charge in [-0.25, -0.2) is 13.7 Å². The van der Waals surface area contributed by atoms with Crippen molar-refractivity contribution in [2.75, 3.05) is 6.61 Å². The van der Waals surface area contributed by atoms with Gasteiger partial charge in [0.25, 0.3) is 0 Å². The number of unbranched alkanes of at least 4 members (excludes halogenated alkanes) is 2. The lowest BCUT2D eigenvalue weighted by Gasteiger charge is -2.24. The van der Waals surface area contributed by atoms with Crippen LogP contribution in [0.15, 0.2) is 25.3 Å². The van der Waals surface area contributed by atoms with Crippen molar-refractivity contribution in [3.63, 3.8) is 0 Å². The fourth-order valence-corrected chi connectivity index (χ4v) is 4.00. The Hall–Kier alpha value is -1.66. The number of allylic oxidation sites excluding steroid dienone is 2. The first-order valence-electron chi connectivity index (χ1n) is 10.5. The second-order valence-corrected chi connectivity index (χ2v) is 10.2. The van der Waals surface area contributed by atoms with Crippen LogP contribution in [0.5, 0.6) is 0 Å². The third-order valence-electron chi connectivity index (χ3n) is 4.79. The molecular formula is C23H38N2O3S. The lowest BCUT2D eigenvalue weighted by atomic mass is 9.99. The van der Waals surface area contributed by atoms with Crippen molar-refractivity contribution >= 4 is 17.0 Å². The quantitative estimate of drug-likeness (QED) is 0.252. The second kappa shape index (κ2) is 12.1. The van der Waals surface area contributed by atoms with Gasteiger partial charge >= 0.3 is 5.97 Å². The number of ether oxygens (including phenoxy) is 1. The van der Waals surface area contributed by atoms with E-state index in [1.165, 1.54) is 0 Å². The number of carbonyl (C=O) groups is 1. The highest BCUT2D eigenvalue weighted by molar-refractivity contribution is 7.84. The highest BCUT2D eigenvalue weighted by atomic mass is 32.2. The van der Waals surface area contributed by atoms with Crippen LogP contribution in [0, 0.1) is 6.92 Å². The third kappa shape index (κ3) is 7.59. The zero-order valence-electron chi connectivity index (χ0n) is 18.7. The number of rotatable bonds is 13. The number of esters is 1. The van der Waals surface area contributed by atoms with Gasteiger partial charge in [-0.2, -0.15) is 0 Å². The van der Waals surface area contributed by atoms with Crippen LogP contribution in [0.25, 0.3) is 0 Å². The molecule has 2 atom stereocenters. The average molecular weight is 423 g/mol. The molecule has 1 heterocycles. The van der Waals surface area contributed by atoms with Crippen molar-refractivity contribution < 1.29 is 13.7 Å². The minimum Gasteiger partial charge on any atom is -0.461 e. The van der Waals surface area contributed by atoms with Crippen LogP contribution in [-0.4, -0.2) is 26.5 Å². The smallest absolute Gasteiger partial charge is 0.355 e. The number of nitrogens with one attached hydrogen (secondary N) is 2. The largest absolute Gasteiger partial charge is 0.461 e. The number of H-pyrrole nitrogens is 1. The van der Waals surface area contributed by atoms with E-state index in [1.54, 1.807) is 6.92 Å². The SMILES string of the molecule is C=CCCCc1c(C(=O)OCC)[nH]c(C(CCCC=C)NS(=O)C(C)(C)C)c1C. The van der Waals surface area contributed by atoms with Gasteiger partial charge in [-0.15, -0.1) is 13.2 Å². The van der Waals surface area contributed by atoms with Crippen LogP contribution in [0.3, 0.4) is 0 Å². The van der Waals surface area contributed by atoms with Gasteiger partial charge in [0.15, 0.2) is 0 Å². The van der Waals surface area contributed by atoms with E-state index in [1.807, 2.05) is 39.8 Å². The fourth-order valence-electron chi connectivity index (χ4n) is 3.15. The molecule has 1 aromatic heterocycles. The van der Waals surface area contributed by atoms with E-state index in [4.69, 9.17) is 4.74 Å². The molecule has 164 valence electrons. The lowest BCUT2D eigenvalue weighted by molar-refractivity contribution is 0.0518. The van der Waals surface area contributed by atoms with Crippen molar-refractivity contribution in [1.82, 2.24) is 9.71 Å². The van der Waals surface area contributed by atoms with E-state index < -0.39 is 11.0 Å².